The quantitative estimate of drug-likeness (QED) is 0.514. The minimum absolute atomic E-state index is 0.0127. The van der Waals surface area contributed by atoms with Gasteiger partial charge in [0.25, 0.3) is 5.91 Å². The van der Waals surface area contributed by atoms with Gasteiger partial charge in [0.15, 0.2) is 0 Å². The number of fused-ring (bicyclic) bond motifs is 2. The van der Waals surface area contributed by atoms with E-state index in [-0.39, 0.29) is 24.1 Å². The number of amides is 3. The normalized spacial score (nSPS) is 32.9. The molecule has 3 rings (SSSR count). The summed E-state index contributed by atoms with van der Waals surface area (Å²) in [4.78, 5) is 31.2. The maximum absolute atomic E-state index is 12.2. The molecule has 3 saturated heterocycles. The van der Waals surface area contributed by atoms with Crippen LogP contribution in [-0.2, 0) is 12.8 Å². The van der Waals surface area contributed by atoms with Gasteiger partial charge in [-0.3, -0.25) is 9.63 Å². The van der Waals surface area contributed by atoms with Crippen LogP contribution in [0.2, 0.25) is 0 Å². The Morgan fingerprint density at radius 1 is 1.40 bits per heavy atom. The lowest BCUT2D eigenvalue weighted by molar-refractivity contribution is -0.142. The monoisotopic (exact) mass is 396 g/mol. The highest BCUT2D eigenvalue weighted by atomic mass is 127. The highest BCUT2D eigenvalue weighted by Gasteiger charge is 2.48. The molecule has 3 heterocycles. The van der Waals surface area contributed by atoms with Crippen molar-refractivity contribution in [3.05, 3.63) is 0 Å². The first-order valence-electron chi connectivity index (χ1n) is 6.75. The molecule has 3 fully saturated rings. The molecule has 0 radical (unpaired) electrons. The molecule has 1 unspecified atom stereocenters. The Balaban J connectivity index is 1.57. The van der Waals surface area contributed by atoms with E-state index < -0.39 is 6.04 Å². The molecule has 2 N–H and O–H groups in total. The van der Waals surface area contributed by atoms with Crippen LogP contribution in [0.3, 0.4) is 0 Å². The number of hydrogen-bond donors (Lipinski definition) is 2. The fourth-order valence-electron chi connectivity index (χ4n) is 2.93. The molecule has 0 aromatic heterocycles. The van der Waals surface area contributed by atoms with Crippen molar-refractivity contribution in [1.82, 2.24) is 20.8 Å². The summed E-state index contributed by atoms with van der Waals surface area (Å²) in [5.41, 5.74) is 2.50. The van der Waals surface area contributed by atoms with E-state index in [1.54, 1.807) is 27.9 Å². The Kier molecular flexibility index (Phi) is 4.29. The number of hydroxylamine groups is 3. The molecule has 0 spiro atoms. The minimum atomic E-state index is -0.468. The smallest absolute Gasteiger partial charge is 0.314 e. The van der Waals surface area contributed by atoms with E-state index in [0.29, 0.717) is 13.0 Å². The molecule has 0 saturated carbocycles. The van der Waals surface area contributed by atoms with Gasteiger partial charge in [-0.1, -0.05) is 0 Å². The third-order valence-electron chi connectivity index (χ3n) is 4.04. The summed E-state index contributed by atoms with van der Waals surface area (Å²) in [6.45, 7) is 2.18. The van der Waals surface area contributed by atoms with Gasteiger partial charge in [0, 0.05) is 13.1 Å². The summed E-state index contributed by atoms with van der Waals surface area (Å²) >= 11 is 1.69. The third-order valence-corrected chi connectivity index (χ3v) is 4.47. The molecule has 20 heavy (non-hydrogen) atoms. The van der Waals surface area contributed by atoms with Crippen molar-refractivity contribution in [2.75, 3.05) is 19.6 Å². The van der Waals surface area contributed by atoms with Gasteiger partial charge in [-0.05, 0) is 25.8 Å². The lowest BCUT2D eigenvalue weighted by Gasteiger charge is -2.29. The molecule has 3 aliphatic rings. The number of nitrogens with one attached hydrogen (secondary N) is 2. The van der Waals surface area contributed by atoms with Crippen molar-refractivity contribution in [2.24, 2.45) is 0 Å². The van der Waals surface area contributed by atoms with Crippen LogP contribution in [0, 0.1) is 0 Å². The molecule has 0 aromatic carbocycles. The van der Waals surface area contributed by atoms with E-state index in [1.807, 2.05) is 0 Å². The third kappa shape index (κ3) is 2.59. The van der Waals surface area contributed by atoms with Crippen molar-refractivity contribution in [2.45, 2.75) is 37.5 Å². The molecule has 3 amide bonds. The average Bonchev–Trinajstić information content (AvgIpc) is 3.05. The fraction of sp³-hybridized carbons (Fsp3) is 0.818. The number of hydrogen-bond acceptors (Lipinski definition) is 5. The molecule has 3 aliphatic heterocycles. The molecule has 9 heteroatoms. The first kappa shape index (κ1) is 14.3. The highest BCUT2D eigenvalue weighted by molar-refractivity contribution is 14.1. The van der Waals surface area contributed by atoms with E-state index in [4.69, 9.17) is 8.00 Å². The van der Waals surface area contributed by atoms with E-state index in [0.717, 1.165) is 25.9 Å². The number of piperidine rings is 1. The van der Waals surface area contributed by atoms with Crippen LogP contribution in [0.5, 0.6) is 0 Å². The second kappa shape index (κ2) is 6.00. The molecular weight excluding hydrogens is 379 g/mol. The van der Waals surface area contributed by atoms with E-state index in [9.17, 15) is 9.59 Å². The van der Waals surface area contributed by atoms with Crippen molar-refractivity contribution >= 4 is 34.9 Å². The van der Waals surface area contributed by atoms with Gasteiger partial charge in [0.2, 0.25) is 0 Å². The fourth-order valence-corrected chi connectivity index (χ4v) is 3.42. The van der Waals surface area contributed by atoms with Gasteiger partial charge in [-0.2, -0.15) is 8.23 Å². The first-order valence-corrected chi connectivity index (χ1v) is 7.63. The summed E-state index contributed by atoms with van der Waals surface area (Å²) in [6.07, 6.45) is 2.28. The SMILES string of the molecule is O=C(NO[C@@H]1CCNC1)[C@@H]1CCC2CN1C(=O)N2OI. The zero-order valence-electron chi connectivity index (χ0n) is 10.9. The number of halogens is 1. The molecule has 8 nitrogen and oxygen atoms in total. The van der Waals surface area contributed by atoms with E-state index in [1.165, 1.54) is 5.06 Å². The minimum Gasteiger partial charge on any atom is -0.314 e. The molecule has 3 atom stereocenters. The van der Waals surface area contributed by atoms with Gasteiger partial charge in [-0.15, -0.1) is 0 Å². The van der Waals surface area contributed by atoms with Crippen LogP contribution < -0.4 is 10.8 Å². The molecule has 112 valence electrons. The van der Waals surface area contributed by atoms with Gasteiger partial charge in [0.05, 0.1) is 12.1 Å². The Bertz CT molecular complexity index is 404. The number of carbonyl (C=O) groups is 2. The number of nitrogens with zero attached hydrogens (tertiary/aromatic N) is 2. The molecule has 2 bridgehead atoms. The van der Waals surface area contributed by atoms with Gasteiger partial charge in [-0.25, -0.2) is 10.3 Å². The van der Waals surface area contributed by atoms with Crippen LogP contribution >= 0.6 is 23.0 Å². The van der Waals surface area contributed by atoms with Crippen molar-refractivity contribution in [3.8, 4) is 0 Å². The van der Waals surface area contributed by atoms with E-state index >= 15 is 0 Å². The Morgan fingerprint density at radius 3 is 2.95 bits per heavy atom. The summed E-state index contributed by atoms with van der Waals surface area (Å²) < 4.78 is 5.05. The average molecular weight is 396 g/mol. The maximum atomic E-state index is 12.2. The predicted molar refractivity (Wildman–Crippen MR) is 76.4 cm³/mol. The van der Waals surface area contributed by atoms with Crippen LogP contribution in [-0.4, -0.2) is 59.7 Å². The van der Waals surface area contributed by atoms with Crippen LogP contribution in [0.25, 0.3) is 0 Å². The molecule has 0 aromatic rings. The van der Waals surface area contributed by atoms with Crippen LogP contribution in [0.15, 0.2) is 0 Å². The highest BCUT2D eigenvalue weighted by Crippen LogP contribution is 2.30. The number of urea groups is 1. The zero-order valence-corrected chi connectivity index (χ0v) is 13.0. The second-order valence-corrected chi connectivity index (χ2v) is 5.67. The first-order chi connectivity index (χ1) is 9.70. The molecule has 0 aliphatic carbocycles. The predicted octanol–water partition coefficient (Wildman–Crippen LogP) is -0.0537. The van der Waals surface area contributed by atoms with Gasteiger partial charge < -0.3 is 10.2 Å². The van der Waals surface area contributed by atoms with Crippen molar-refractivity contribution in [1.29, 1.82) is 0 Å². The summed E-state index contributed by atoms with van der Waals surface area (Å²) in [7, 11) is 0. The van der Waals surface area contributed by atoms with Crippen LogP contribution in [0.1, 0.15) is 19.3 Å². The molecular formula is C11H17IN4O4. The van der Waals surface area contributed by atoms with Crippen LogP contribution in [0.4, 0.5) is 4.79 Å². The van der Waals surface area contributed by atoms with Crippen molar-refractivity contribution in [3.63, 3.8) is 0 Å². The summed E-state index contributed by atoms with van der Waals surface area (Å²) in [5, 5.41) is 4.50. The van der Waals surface area contributed by atoms with Gasteiger partial charge in [0.1, 0.15) is 29.0 Å². The standard InChI is InChI=1S/C11H17IN4O4/c12-20-16-7-1-2-9(15(6-7)11(16)18)10(17)14-19-8-3-4-13-5-8/h7-9,13H,1-6H2,(H,14,17)/t7?,8-,9+/m1/s1. The Labute approximate surface area is 130 Å². The van der Waals surface area contributed by atoms with E-state index in [2.05, 4.69) is 10.8 Å². The maximum Gasteiger partial charge on any atom is 0.345 e. The topological polar surface area (TPSA) is 83.1 Å². The number of rotatable bonds is 4. The summed E-state index contributed by atoms with van der Waals surface area (Å²) in [6, 6.07) is -0.669. The summed E-state index contributed by atoms with van der Waals surface area (Å²) in [5.74, 6) is -0.251. The zero-order chi connectivity index (χ0) is 14.1. The number of carbonyl (C=O) groups excluding carboxylic acids is 2. The van der Waals surface area contributed by atoms with Gasteiger partial charge >= 0.3 is 6.03 Å². The lowest BCUT2D eigenvalue weighted by atomic mass is 10.0. The van der Waals surface area contributed by atoms with Crippen molar-refractivity contribution < 1.29 is 17.6 Å². The second-order valence-electron chi connectivity index (χ2n) is 5.28. The lowest BCUT2D eigenvalue weighted by Crippen LogP contribution is -2.50. The largest absolute Gasteiger partial charge is 0.345 e. The Morgan fingerprint density at radius 2 is 2.25 bits per heavy atom. The Hall–Kier alpha value is -0.650.